The fraction of sp³-hybridized carbons (Fsp3) is 0.538. The Morgan fingerprint density at radius 2 is 2.28 bits per heavy atom. The van der Waals surface area contributed by atoms with Crippen LogP contribution in [-0.2, 0) is 0 Å². The van der Waals surface area contributed by atoms with Gasteiger partial charge >= 0.3 is 0 Å². The molecule has 1 N–H and O–H groups in total. The van der Waals surface area contributed by atoms with E-state index in [2.05, 4.69) is 4.98 Å². The zero-order valence-electron chi connectivity index (χ0n) is 10.2. The molecule has 0 spiro atoms. The molecule has 1 aromatic rings. The van der Waals surface area contributed by atoms with Crippen LogP contribution in [-0.4, -0.2) is 40.1 Å². The maximum Gasteiger partial charge on any atom is 0.255 e. The lowest BCUT2D eigenvalue weighted by Crippen LogP contribution is -2.42. The lowest BCUT2D eigenvalue weighted by molar-refractivity contribution is 0.0599. The fourth-order valence-electron chi connectivity index (χ4n) is 2.30. The first-order valence-electron chi connectivity index (χ1n) is 6.26. The second-order valence-electron chi connectivity index (χ2n) is 4.55. The van der Waals surface area contributed by atoms with Crippen LogP contribution in [0.3, 0.4) is 0 Å². The molecule has 2 rings (SSSR count). The number of hydrogen-bond acceptors (Lipinski definition) is 3. The molecule has 0 aliphatic carbocycles. The van der Waals surface area contributed by atoms with E-state index in [4.69, 9.17) is 0 Å². The van der Waals surface area contributed by atoms with Crippen LogP contribution in [0.5, 0.6) is 0 Å². The maximum atomic E-state index is 12.7. The summed E-state index contributed by atoms with van der Waals surface area (Å²) in [4.78, 5) is 17.5. The van der Waals surface area contributed by atoms with Crippen molar-refractivity contribution in [3.63, 3.8) is 0 Å². The van der Waals surface area contributed by atoms with E-state index in [1.165, 1.54) is 18.3 Å². The number of nitrogens with zero attached hydrogens (tertiary/aromatic N) is 2. The highest BCUT2D eigenvalue weighted by molar-refractivity contribution is 5.94. The van der Waals surface area contributed by atoms with Gasteiger partial charge in [0.05, 0.1) is 18.2 Å². The van der Waals surface area contributed by atoms with Gasteiger partial charge in [-0.05, 0) is 25.0 Å². The third-order valence-corrected chi connectivity index (χ3v) is 3.32. The monoisotopic (exact) mass is 252 g/mol. The van der Waals surface area contributed by atoms with Crippen LogP contribution in [0.4, 0.5) is 4.39 Å². The minimum Gasteiger partial charge on any atom is -0.394 e. The van der Waals surface area contributed by atoms with Crippen molar-refractivity contribution in [1.29, 1.82) is 0 Å². The summed E-state index contributed by atoms with van der Waals surface area (Å²) in [5, 5.41) is 9.36. The Labute approximate surface area is 105 Å². The summed E-state index contributed by atoms with van der Waals surface area (Å²) in [6, 6.07) is 2.48. The smallest absolute Gasteiger partial charge is 0.255 e. The van der Waals surface area contributed by atoms with Crippen LogP contribution in [0, 0.1) is 5.95 Å². The first-order chi connectivity index (χ1) is 8.72. The van der Waals surface area contributed by atoms with Crippen LogP contribution >= 0.6 is 0 Å². The molecule has 1 unspecified atom stereocenters. The fourth-order valence-corrected chi connectivity index (χ4v) is 2.30. The molecule has 1 amide bonds. The van der Waals surface area contributed by atoms with Crippen molar-refractivity contribution in [1.82, 2.24) is 9.88 Å². The van der Waals surface area contributed by atoms with E-state index >= 15 is 0 Å². The van der Waals surface area contributed by atoms with E-state index in [9.17, 15) is 14.3 Å². The van der Waals surface area contributed by atoms with E-state index in [1.807, 2.05) is 0 Å². The van der Waals surface area contributed by atoms with Crippen LogP contribution in [0.2, 0.25) is 0 Å². The van der Waals surface area contributed by atoms with Crippen LogP contribution in [0.25, 0.3) is 0 Å². The number of hydrogen-bond donors (Lipinski definition) is 1. The molecule has 5 heteroatoms. The molecule has 98 valence electrons. The third-order valence-electron chi connectivity index (χ3n) is 3.32. The number of pyridine rings is 1. The van der Waals surface area contributed by atoms with Crippen molar-refractivity contribution >= 4 is 5.91 Å². The molecule has 1 aliphatic heterocycles. The van der Waals surface area contributed by atoms with Crippen molar-refractivity contribution in [3.8, 4) is 0 Å². The van der Waals surface area contributed by atoms with Gasteiger partial charge in [0.25, 0.3) is 5.91 Å². The minimum absolute atomic E-state index is 0.0274. The number of carbonyl (C=O) groups excluding carboxylic acids is 1. The van der Waals surface area contributed by atoms with E-state index in [0.29, 0.717) is 12.1 Å². The van der Waals surface area contributed by atoms with Gasteiger partial charge in [-0.15, -0.1) is 0 Å². The molecule has 18 heavy (non-hydrogen) atoms. The number of aliphatic hydroxyl groups excluding tert-OH is 1. The minimum atomic E-state index is -0.596. The largest absolute Gasteiger partial charge is 0.394 e. The molecule has 0 bridgehead atoms. The van der Waals surface area contributed by atoms with Crippen molar-refractivity contribution < 1.29 is 14.3 Å². The molecule has 1 atom stereocenters. The average molecular weight is 252 g/mol. The normalized spacial score (nSPS) is 20.6. The first-order valence-corrected chi connectivity index (χ1v) is 6.26. The van der Waals surface area contributed by atoms with Crippen LogP contribution in [0.1, 0.15) is 36.0 Å². The SMILES string of the molecule is O=C(c1ccc(F)nc1)N1CCCCCC1CO. The van der Waals surface area contributed by atoms with Gasteiger partial charge in [0.2, 0.25) is 5.95 Å². The Morgan fingerprint density at radius 3 is 2.94 bits per heavy atom. The molecule has 2 heterocycles. The zero-order chi connectivity index (χ0) is 13.0. The van der Waals surface area contributed by atoms with E-state index in [0.717, 1.165) is 25.7 Å². The number of halogens is 1. The lowest BCUT2D eigenvalue weighted by Gasteiger charge is -2.28. The van der Waals surface area contributed by atoms with E-state index < -0.39 is 5.95 Å². The number of rotatable bonds is 2. The maximum absolute atomic E-state index is 12.7. The summed E-state index contributed by atoms with van der Waals surface area (Å²) in [5.41, 5.74) is 0.372. The molecule has 1 aliphatic rings. The number of carbonyl (C=O) groups is 1. The van der Waals surface area contributed by atoms with Gasteiger partial charge in [-0.3, -0.25) is 4.79 Å². The molecule has 0 aromatic carbocycles. The third kappa shape index (κ3) is 2.85. The van der Waals surface area contributed by atoms with Crippen LogP contribution in [0.15, 0.2) is 18.3 Å². The molecule has 0 saturated carbocycles. The van der Waals surface area contributed by atoms with Crippen molar-refractivity contribution in [3.05, 3.63) is 29.8 Å². The summed E-state index contributed by atoms with van der Waals surface area (Å²) in [6.07, 6.45) is 5.10. The Morgan fingerprint density at radius 1 is 1.44 bits per heavy atom. The van der Waals surface area contributed by atoms with E-state index in [1.54, 1.807) is 4.90 Å². The Hall–Kier alpha value is -1.49. The molecule has 1 saturated heterocycles. The molecule has 1 aromatic heterocycles. The van der Waals surface area contributed by atoms with Gasteiger partial charge < -0.3 is 10.0 Å². The average Bonchev–Trinajstić information content (AvgIpc) is 2.63. The highest BCUT2D eigenvalue weighted by atomic mass is 19.1. The quantitative estimate of drug-likeness (QED) is 0.813. The molecular weight excluding hydrogens is 235 g/mol. The number of aliphatic hydroxyl groups is 1. The topological polar surface area (TPSA) is 53.4 Å². The Kier molecular flexibility index (Phi) is 4.25. The summed E-state index contributed by atoms with van der Waals surface area (Å²) in [5.74, 6) is -0.774. The summed E-state index contributed by atoms with van der Waals surface area (Å²) in [7, 11) is 0. The van der Waals surface area contributed by atoms with Gasteiger partial charge in [0.1, 0.15) is 0 Å². The first kappa shape index (κ1) is 13.0. The number of amides is 1. The summed E-state index contributed by atoms with van der Waals surface area (Å²) in [6.45, 7) is 0.613. The summed E-state index contributed by atoms with van der Waals surface area (Å²) >= 11 is 0. The molecular formula is C13H17FN2O2. The highest BCUT2D eigenvalue weighted by Gasteiger charge is 2.25. The van der Waals surface area contributed by atoms with E-state index in [-0.39, 0.29) is 18.6 Å². The molecule has 1 fully saturated rings. The van der Waals surface area contributed by atoms with Gasteiger partial charge in [0.15, 0.2) is 0 Å². The standard InChI is InChI=1S/C13H17FN2O2/c14-12-6-5-10(8-15-12)13(18)16-7-3-1-2-4-11(16)9-17/h5-6,8,11,17H,1-4,7,9H2. The van der Waals surface area contributed by atoms with Gasteiger partial charge in [-0.1, -0.05) is 12.8 Å². The molecule has 4 nitrogen and oxygen atoms in total. The second-order valence-corrected chi connectivity index (χ2v) is 4.55. The lowest BCUT2D eigenvalue weighted by atomic mass is 10.1. The van der Waals surface area contributed by atoms with Gasteiger partial charge in [-0.25, -0.2) is 4.98 Å². The Bertz CT molecular complexity index is 408. The highest BCUT2D eigenvalue weighted by Crippen LogP contribution is 2.18. The van der Waals surface area contributed by atoms with Crippen molar-refractivity contribution in [2.45, 2.75) is 31.7 Å². The second kappa shape index (κ2) is 5.91. The number of likely N-dealkylation sites (tertiary alicyclic amines) is 1. The Balaban J connectivity index is 2.17. The summed E-state index contributed by atoms with van der Waals surface area (Å²) < 4.78 is 12.7. The van der Waals surface area contributed by atoms with Crippen LogP contribution < -0.4 is 0 Å². The predicted molar refractivity (Wildman–Crippen MR) is 64.6 cm³/mol. The predicted octanol–water partition coefficient (Wildman–Crippen LogP) is 1.60. The zero-order valence-corrected chi connectivity index (χ0v) is 10.2. The number of aromatic nitrogens is 1. The van der Waals surface area contributed by atoms with Gasteiger partial charge in [-0.2, -0.15) is 4.39 Å². The molecule has 0 radical (unpaired) electrons. The van der Waals surface area contributed by atoms with Crippen molar-refractivity contribution in [2.75, 3.05) is 13.2 Å². The van der Waals surface area contributed by atoms with Crippen molar-refractivity contribution in [2.24, 2.45) is 0 Å². The van der Waals surface area contributed by atoms with Gasteiger partial charge in [0, 0.05) is 12.7 Å².